The number of rotatable bonds is 6. The second-order valence-electron chi connectivity index (χ2n) is 6.93. The van der Waals surface area contributed by atoms with Crippen molar-refractivity contribution in [2.75, 3.05) is 32.7 Å². The maximum absolute atomic E-state index is 12.2. The fourth-order valence-electron chi connectivity index (χ4n) is 3.75. The molecule has 5 nitrogen and oxygen atoms in total. The van der Waals surface area contributed by atoms with Crippen LogP contribution in [-0.4, -0.2) is 60.4 Å². The van der Waals surface area contributed by atoms with Gasteiger partial charge >= 0.3 is 0 Å². The monoisotopic (exact) mass is 363 g/mol. The van der Waals surface area contributed by atoms with Crippen LogP contribution in [-0.2, 0) is 16.0 Å². The second-order valence-corrected chi connectivity index (χ2v) is 7.33. The number of carbonyl (C=O) groups is 2. The summed E-state index contributed by atoms with van der Waals surface area (Å²) >= 11 is 6.26. The Labute approximate surface area is 154 Å². The van der Waals surface area contributed by atoms with Gasteiger partial charge in [0.15, 0.2) is 0 Å². The van der Waals surface area contributed by atoms with Crippen LogP contribution in [0.5, 0.6) is 0 Å². The third-order valence-corrected chi connectivity index (χ3v) is 5.52. The number of carbonyl (C=O) groups excluding carboxylic acids is 2. The summed E-state index contributed by atoms with van der Waals surface area (Å²) in [5, 5.41) is 3.57. The molecule has 25 heavy (non-hydrogen) atoms. The Balaban J connectivity index is 1.46. The van der Waals surface area contributed by atoms with Gasteiger partial charge in [0.05, 0.1) is 13.1 Å². The van der Waals surface area contributed by atoms with E-state index in [1.165, 1.54) is 0 Å². The van der Waals surface area contributed by atoms with E-state index in [9.17, 15) is 9.59 Å². The molecule has 2 saturated heterocycles. The van der Waals surface area contributed by atoms with Gasteiger partial charge in [-0.3, -0.25) is 14.5 Å². The lowest BCUT2D eigenvalue weighted by Gasteiger charge is -2.24. The molecule has 6 heteroatoms. The van der Waals surface area contributed by atoms with Crippen molar-refractivity contribution in [3.05, 3.63) is 34.9 Å². The summed E-state index contributed by atoms with van der Waals surface area (Å²) in [6.45, 7) is 3.02. The maximum Gasteiger partial charge on any atom is 0.241 e. The van der Waals surface area contributed by atoms with Crippen LogP contribution in [0.2, 0.25) is 5.02 Å². The molecular weight excluding hydrogens is 338 g/mol. The van der Waals surface area contributed by atoms with E-state index in [1.54, 1.807) is 0 Å². The maximum atomic E-state index is 12.2. The van der Waals surface area contributed by atoms with E-state index in [-0.39, 0.29) is 18.4 Å². The van der Waals surface area contributed by atoms with Gasteiger partial charge in [-0.15, -0.1) is 0 Å². The molecule has 3 rings (SSSR count). The first-order chi connectivity index (χ1) is 12.1. The minimum absolute atomic E-state index is 0.0277. The molecule has 1 aromatic carbocycles. The summed E-state index contributed by atoms with van der Waals surface area (Å²) < 4.78 is 0. The average molecular weight is 364 g/mol. The smallest absolute Gasteiger partial charge is 0.241 e. The lowest BCUT2D eigenvalue weighted by atomic mass is 10.0. The van der Waals surface area contributed by atoms with Gasteiger partial charge in [-0.1, -0.05) is 29.8 Å². The van der Waals surface area contributed by atoms with Crippen LogP contribution in [0.25, 0.3) is 0 Å². The predicted octanol–water partition coefficient (Wildman–Crippen LogP) is 2.09. The summed E-state index contributed by atoms with van der Waals surface area (Å²) in [4.78, 5) is 28.3. The zero-order valence-corrected chi connectivity index (χ0v) is 15.3. The molecule has 2 amide bonds. The van der Waals surface area contributed by atoms with Gasteiger partial charge in [0.1, 0.15) is 0 Å². The Hall–Kier alpha value is -1.59. The Bertz CT molecular complexity index is 616. The number of hydrogen-bond donors (Lipinski definition) is 1. The summed E-state index contributed by atoms with van der Waals surface area (Å²) in [5.41, 5.74) is 1.13. The highest BCUT2D eigenvalue weighted by atomic mass is 35.5. The summed E-state index contributed by atoms with van der Waals surface area (Å²) in [6, 6.07) is 8.22. The van der Waals surface area contributed by atoms with E-state index < -0.39 is 0 Å². The zero-order chi connectivity index (χ0) is 17.6. The van der Waals surface area contributed by atoms with Crippen LogP contribution in [0, 0.1) is 0 Å². The number of halogens is 1. The van der Waals surface area contributed by atoms with Gasteiger partial charge in [-0.2, -0.15) is 0 Å². The topological polar surface area (TPSA) is 52.7 Å². The number of nitrogens with one attached hydrogen (secondary N) is 1. The van der Waals surface area contributed by atoms with Crippen molar-refractivity contribution in [1.29, 1.82) is 0 Å². The first-order valence-corrected chi connectivity index (χ1v) is 9.53. The third kappa shape index (κ3) is 4.95. The van der Waals surface area contributed by atoms with E-state index >= 15 is 0 Å². The Morgan fingerprint density at radius 1 is 1.12 bits per heavy atom. The number of hydrogen-bond acceptors (Lipinski definition) is 3. The molecule has 0 spiro atoms. The Morgan fingerprint density at radius 2 is 1.88 bits per heavy atom. The Kier molecular flexibility index (Phi) is 6.32. The molecule has 0 bridgehead atoms. The lowest BCUT2D eigenvalue weighted by Crippen LogP contribution is -2.44. The van der Waals surface area contributed by atoms with Gasteiger partial charge in [0.2, 0.25) is 11.8 Å². The standard InChI is InChI=1S/C19H26ClN3O2/c20-17-8-2-1-6-15(17)12-16-7-5-11-23(16)14-18(24)21-13-19(25)22-9-3-4-10-22/h1-2,6,8,16H,3-5,7,9-14H2,(H,21,24)/t16-/m0/s1. The first kappa shape index (κ1) is 18.2. The van der Waals surface area contributed by atoms with Crippen molar-refractivity contribution in [2.24, 2.45) is 0 Å². The number of nitrogens with zero attached hydrogens (tertiary/aromatic N) is 2. The summed E-state index contributed by atoms with van der Waals surface area (Å²) in [5.74, 6) is -0.0431. The number of amides is 2. The molecule has 136 valence electrons. The molecule has 0 aliphatic carbocycles. The third-order valence-electron chi connectivity index (χ3n) is 5.15. The zero-order valence-electron chi connectivity index (χ0n) is 14.5. The fourth-order valence-corrected chi connectivity index (χ4v) is 3.96. The molecule has 0 radical (unpaired) electrons. The van der Waals surface area contributed by atoms with Crippen LogP contribution >= 0.6 is 11.6 Å². The highest BCUT2D eigenvalue weighted by Crippen LogP contribution is 2.24. The van der Waals surface area contributed by atoms with E-state index in [1.807, 2.05) is 29.2 Å². The highest BCUT2D eigenvalue weighted by Gasteiger charge is 2.27. The molecule has 0 aromatic heterocycles. The summed E-state index contributed by atoms with van der Waals surface area (Å²) in [6.07, 6.45) is 5.16. The molecule has 2 heterocycles. The average Bonchev–Trinajstić information content (AvgIpc) is 3.27. The van der Waals surface area contributed by atoms with Crippen LogP contribution in [0.15, 0.2) is 24.3 Å². The van der Waals surface area contributed by atoms with Crippen molar-refractivity contribution < 1.29 is 9.59 Å². The molecular formula is C19H26ClN3O2. The second kappa shape index (κ2) is 8.68. The molecule has 0 unspecified atom stereocenters. The fraction of sp³-hybridized carbons (Fsp3) is 0.579. The van der Waals surface area contributed by atoms with Gasteiger partial charge in [0.25, 0.3) is 0 Å². The van der Waals surface area contributed by atoms with Crippen LogP contribution in [0.3, 0.4) is 0 Å². The summed E-state index contributed by atoms with van der Waals surface area (Å²) in [7, 11) is 0. The van der Waals surface area contributed by atoms with E-state index in [0.29, 0.717) is 12.6 Å². The molecule has 1 N–H and O–H groups in total. The highest BCUT2D eigenvalue weighted by molar-refractivity contribution is 6.31. The minimum Gasteiger partial charge on any atom is -0.346 e. The molecule has 2 aliphatic heterocycles. The van der Waals surface area contributed by atoms with Crippen molar-refractivity contribution in [1.82, 2.24) is 15.1 Å². The van der Waals surface area contributed by atoms with Crippen LogP contribution in [0.1, 0.15) is 31.2 Å². The van der Waals surface area contributed by atoms with Crippen molar-refractivity contribution in [3.8, 4) is 0 Å². The van der Waals surface area contributed by atoms with E-state index in [2.05, 4.69) is 10.2 Å². The minimum atomic E-state index is -0.0707. The largest absolute Gasteiger partial charge is 0.346 e. The van der Waals surface area contributed by atoms with E-state index in [4.69, 9.17) is 11.6 Å². The molecule has 1 aromatic rings. The van der Waals surface area contributed by atoms with Gasteiger partial charge < -0.3 is 10.2 Å². The van der Waals surface area contributed by atoms with Crippen molar-refractivity contribution in [3.63, 3.8) is 0 Å². The van der Waals surface area contributed by atoms with Crippen LogP contribution in [0.4, 0.5) is 0 Å². The number of likely N-dealkylation sites (tertiary alicyclic amines) is 2. The first-order valence-electron chi connectivity index (χ1n) is 9.15. The molecule has 0 saturated carbocycles. The van der Waals surface area contributed by atoms with Crippen LogP contribution < -0.4 is 5.32 Å². The van der Waals surface area contributed by atoms with E-state index in [0.717, 1.165) is 62.3 Å². The lowest BCUT2D eigenvalue weighted by molar-refractivity contribution is -0.132. The van der Waals surface area contributed by atoms with Gasteiger partial charge in [-0.05, 0) is 50.3 Å². The normalized spacial score (nSPS) is 20.8. The molecule has 1 atom stereocenters. The van der Waals surface area contributed by atoms with Crippen molar-refractivity contribution in [2.45, 2.75) is 38.1 Å². The quantitative estimate of drug-likeness (QED) is 0.842. The SMILES string of the molecule is O=C(CN1CCC[C@H]1Cc1ccccc1Cl)NCC(=O)N1CCCC1. The van der Waals surface area contributed by atoms with Gasteiger partial charge in [-0.25, -0.2) is 0 Å². The molecule has 2 aliphatic rings. The van der Waals surface area contributed by atoms with Gasteiger partial charge in [0, 0.05) is 24.2 Å². The Morgan fingerprint density at radius 3 is 2.64 bits per heavy atom. The number of benzene rings is 1. The predicted molar refractivity (Wildman–Crippen MR) is 98.6 cm³/mol. The van der Waals surface area contributed by atoms with Crippen molar-refractivity contribution >= 4 is 23.4 Å². The molecule has 2 fully saturated rings.